The average Bonchev–Trinajstić information content (AvgIpc) is 3.00. The van der Waals surface area contributed by atoms with Crippen LogP contribution in [0.4, 0.5) is 0 Å². The minimum atomic E-state index is 0.347. The van der Waals surface area contributed by atoms with E-state index in [1.54, 1.807) is 0 Å². The van der Waals surface area contributed by atoms with Crippen molar-refractivity contribution in [1.82, 2.24) is 5.32 Å². The monoisotopic (exact) mass is 267 g/mol. The summed E-state index contributed by atoms with van der Waals surface area (Å²) >= 11 is 1.94. The Labute approximate surface area is 115 Å². The Morgan fingerprint density at radius 3 is 2.83 bits per heavy atom. The zero-order chi connectivity index (χ0) is 13.0. The number of hydrogen-bond acceptors (Lipinski definition) is 3. The van der Waals surface area contributed by atoms with Gasteiger partial charge in [-0.2, -0.15) is 0 Å². The second-order valence-corrected chi connectivity index (χ2v) is 6.39. The van der Waals surface area contributed by atoms with Crippen LogP contribution in [0.3, 0.4) is 0 Å². The van der Waals surface area contributed by atoms with Gasteiger partial charge in [-0.1, -0.05) is 20.8 Å². The summed E-state index contributed by atoms with van der Waals surface area (Å²) in [4.78, 5) is 2.91. The maximum Gasteiger partial charge on any atom is 0.0804 e. The first kappa shape index (κ1) is 14.0. The summed E-state index contributed by atoms with van der Waals surface area (Å²) in [6, 6.07) is 4.93. The molecule has 1 aliphatic heterocycles. The van der Waals surface area contributed by atoms with Crippen molar-refractivity contribution in [2.24, 2.45) is 5.92 Å². The molecule has 1 aromatic rings. The van der Waals surface area contributed by atoms with Gasteiger partial charge in [-0.05, 0) is 43.9 Å². The molecule has 1 aliphatic rings. The van der Waals surface area contributed by atoms with Crippen LogP contribution in [0.25, 0.3) is 0 Å². The van der Waals surface area contributed by atoms with Crippen LogP contribution in [0.1, 0.15) is 49.4 Å². The summed E-state index contributed by atoms with van der Waals surface area (Å²) in [7, 11) is 0. The van der Waals surface area contributed by atoms with E-state index in [9.17, 15) is 0 Å². The Balaban J connectivity index is 2.13. The summed E-state index contributed by atoms with van der Waals surface area (Å²) in [6.45, 7) is 8.74. The van der Waals surface area contributed by atoms with Crippen LogP contribution < -0.4 is 5.32 Å². The molecule has 2 nitrogen and oxygen atoms in total. The van der Waals surface area contributed by atoms with Crippen molar-refractivity contribution in [3.05, 3.63) is 21.9 Å². The van der Waals surface area contributed by atoms with E-state index in [-0.39, 0.29) is 0 Å². The molecule has 1 N–H and O–H groups in total. The molecule has 3 unspecified atom stereocenters. The molecule has 0 radical (unpaired) electrons. The first-order valence-corrected chi connectivity index (χ1v) is 8.01. The molecular weight excluding hydrogens is 242 g/mol. The van der Waals surface area contributed by atoms with Gasteiger partial charge in [-0.15, -0.1) is 11.3 Å². The Morgan fingerprint density at radius 2 is 2.28 bits per heavy atom. The molecule has 0 saturated carbocycles. The van der Waals surface area contributed by atoms with Gasteiger partial charge >= 0.3 is 0 Å². The minimum Gasteiger partial charge on any atom is -0.376 e. The molecule has 3 heteroatoms. The van der Waals surface area contributed by atoms with Gasteiger partial charge in [0.1, 0.15) is 0 Å². The van der Waals surface area contributed by atoms with Crippen LogP contribution in [0, 0.1) is 5.92 Å². The standard InChI is InChI=1S/C15H25NOS/c1-4-9-16-14(15-11(3)8-10-17-15)13-7-6-12(5-2)18-13/h6-7,11,14-16H,4-5,8-10H2,1-3H3. The molecule has 102 valence electrons. The molecule has 1 fully saturated rings. The predicted molar refractivity (Wildman–Crippen MR) is 78.3 cm³/mol. The first-order chi connectivity index (χ1) is 8.76. The van der Waals surface area contributed by atoms with E-state index in [4.69, 9.17) is 4.74 Å². The maximum absolute atomic E-state index is 5.97. The fraction of sp³-hybridized carbons (Fsp3) is 0.733. The lowest BCUT2D eigenvalue weighted by Gasteiger charge is -2.26. The molecule has 1 aromatic heterocycles. The third-order valence-corrected chi connectivity index (χ3v) is 5.04. The molecule has 0 aliphatic carbocycles. The third kappa shape index (κ3) is 3.14. The van der Waals surface area contributed by atoms with Crippen LogP contribution in [-0.4, -0.2) is 19.3 Å². The molecule has 2 heterocycles. The van der Waals surface area contributed by atoms with Crippen LogP contribution in [0.2, 0.25) is 0 Å². The van der Waals surface area contributed by atoms with Gasteiger partial charge in [-0.3, -0.25) is 0 Å². The van der Waals surface area contributed by atoms with Gasteiger partial charge in [0.2, 0.25) is 0 Å². The van der Waals surface area contributed by atoms with Crippen LogP contribution in [-0.2, 0) is 11.2 Å². The summed E-state index contributed by atoms with van der Waals surface area (Å²) < 4.78 is 5.97. The number of aryl methyl sites for hydroxylation is 1. The van der Waals surface area contributed by atoms with E-state index in [1.165, 1.54) is 22.6 Å². The van der Waals surface area contributed by atoms with Gasteiger partial charge in [-0.25, -0.2) is 0 Å². The molecule has 0 spiro atoms. The molecular formula is C15H25NOS. The number of thiophene rings is 1. The number of hydrogen-bond donors (Lipinski definition) is 1. The Hall–Kier alpha value is -0.380. The molecule has 0 bridgehead atoms. The van der Waals surface area contributed by atoms with Crippen molar-refractivity contribution in [3.8, 4) is 0 Å². The third-order valence-electron chi connectivity index (χ3n) is 3.72. The Kier molecular flexibility index (Phi) is 5.22. The van der Waals surface area contributed by atoms with Gasteiger partial charge in [0.15, 0.2) is 0 Å². The zero-order valence-electron chi connectivity index (χ0n) is 11.7. The molecule has 0 amide bonds. The Morgan fingerprint density at radius 1 is 1.44 bits per heavy atom. The van der Waals surface area contributed by atoms with E-state index in [1.807, 2.05) is 11.3 Å². The van der Waals surface area contributed by atoms with E-state index >= 15 is 0 Å². The van der Waals surface area contributed by atoms with Crippen molar-refractivity contribution >= 4 is 11.3 Å². The van der Waals surface area contributed by atoms with Crippen molar-refractivity contribution in [3.63, 3.8) is 0 Å². The van der Waals surface area contributed by atoms with Gasteiger partial charge < -0.3 is 10.1 Å². The fourth-order valence-electron chi connectivity index (χ4n) is 2.57. The molecule has 3 atom stereocenters. The summed E-state index contributed by atoms with van der Waals surface area (Å²) in [5, 5.41) is 3.68. The number of nitrogens with one attached hydrogen (secondary N) is 1. The average molecular weight is 267 g/mol. The van der Waals surface area contributed by atoms with E-state index in [0.717, 1.165) is 19.6 Å². The highest BCUT2D eigenvalue weighted by atomic mass is 32.1. The van der Waals surface area contributed by atoms with Crippen LogP contribution in [0.15, 0.2) is 12.1 Å². The maximum atomic E-state index is 5.97. The quantitative estimate of drug-likeness (QED) is 0.847. The molecule has 1 saturated heterocycles. The van der Waals surface area contributed by atoms with E-state index in [0.29, 0.717) is 18.1 Å². The Bertz CT molecular complexity index is 363. The van der Waals surface area contributed by atoms with Gasteiger partial charge in [0.05, 0.1) is 12.1 Å². The fourth-order valence-corrected chi connectivity index (χ4v) is 3.64. The largest absolute Gasteiger partial charge is 0.376 e. The molecule has 18 heavy (non-hydrogen) atoms. The van der Waals surface area contributed by atoms with Gasteiger partial charge in [0.25, 0.3) is 0 Å². The minimum absolute atomic E-state index is 0.347. The van der Waals surface area contributed by atoms with Gasteiger partial charge in [0, 0.05) is 16.4 Å². The lowest BCUT2D eigenvalue weighted by Crippen LogP contribution is -2.34. The summed E-state index contributed by atoms with van der Waals surface area (Å²) in [6.07, 6.45) is 3.84. The highest BCUT2D eigenvalue weighted by Crippen LogP contribution is 2.34. The lowest BCUT2D eigenvalue weighted by molar-refractivity contribution is 0.0618. The smallest absolute Gasteiger partial charge is 0.0804 e. The number of ether oxygens (including phenoxy) is 1. The predicted octanol–water partition coefficient (Wildman–Crippen LogP) is 3.78. The van der Waals surface area contributed by atoms with E-state index < -0.39 is 0 Å². The normalized spacial score (nSPS) is 25.5. The second-order valence-electron chi connectivity index (χ2n) is 5.19. The van der Waals surface area contributed by atoms with E-state index in [2.05, 4.69) is 38.2 Å². The lowest BCUT2D eigenvalue weighted by atomic mass is 9.96. The second kappa shape index (κ2) is 6.69. The summed E-state index contributed by atoms with van der Waals surface area (Å²) in [5.41, 5.74) is 0. The number of rotatable bonds is 6. The van der Waals surface area contributed by atoms with Crippen molar-refractivity contribution in [2.75, 3.05) is 13.2 Å². The van der Waals surface area contributed by atoms with Crippen molar-refractivity contribution < 1.29 is 4.74 Å². The SMILES string of the molecule is CCCNC(c1ccc(CC)s1)C1OCCC1C. The molecule has 2 rings (SSSR count). The topological polar surface area (TPSA) is 21.3 Å². The van der Waals surface area contributed by atoms with Crippen LogP contribution in [0.5, 0.6) is 0 Å². The van der Waals surface area contributed by atoms with Crippen molar-refractivity contribution in [1.29, 1.82) is 0 Å². The van der Waals surface area contributed by atoms with Crippen LogP contribution >= 0.6 is 11.3 Å². The highest BCUT2D eigenvalue weighted by molar-refractivity contribution is 7.12. The first-order valence-electron chi connectivity index (χ1n) is 7.19. The summed E-state index contributed by atoms with van der Waals surface area (Å²) in [5.74, 6) is 0.659. The highest BCUT2D eigenvalue weighted by Gasteiger charge is 2.33. The zero-order valence-corrected chi connectivity index (χ0v) is 12.6. The molecule has 0 aromatic carbocycles. The van der Waals surface area contributed by atoms with Crippen molar-refractivity contribution in [2.45, 2.75) is 52.2 Å².